The number of fused-ring (bicyclic) bond motifs is 1. The zero-order valence-corrected chi connectivity index (χ0v) is 14.4. The Labute approximate surface area is 142 Å². The molecule has 1 amide bonds. The van der Waals surface area contributed by atoms with Crippen LogP contribution in [0.4, 0.5) is 0 Å². The summed E-state index contributed by atoms with van der Waals surface area (Å²) in [4.78, 5) is 15.5. The third kappa shape index (κ3) is 2.67. The summed E-state index contributed by atoms with van der Waals surface area (Å²) in [6, 6.07) is 8.73. The summed E-state index contributed by atoms with van der Waals surface area (Å²) in [5.74, 6) is 0.988. The van der Waals surface area contributed by atoms with Crippen molar-refractivity contribution in [3.05, 3.63) is 30.0 Å². The number of methoxy groups -OCH3 is 1. The molecule has 1 unspecified atom stereocenters. The van der Waals surface area contributed by atoms with E-state index < -0.39 is 0 Å². The molecule has 1 saturated heterocycles. The standard InChI is InChI=1S/C19H25N3O2/c1-21-17-11-16(24-2)8-5-13(17)10-18(21)19(23)22(14-6-7-14)15-4-3-9-20-12-15/h5,8,10-11,14-15,20H,3-4,6-7,9,12H2,1-2H3. The number of nitrogens with zero attached hydrogens (tertiary/aromatic N) is 2. The van der Waals surface area contributed by atoms with E-state index in [1.54, 1.807) is 7.11 Å². The summed E-state index contributed by atoms with van der Waals surface area (Å²) in [5, 5.41) is 4.53. The molecular weight excluding hydrogens is 302 g/mol. The fourth-order valence-electron chi connectivity index (χ4n) is 3.83. The van der Waals surface area contributed by atoms with Gasteiger partial charge in [0.05, 0.1) is 12.6 Å². The largest absolute Gasteiger partial charge is 0.497 e. The van der Waals surface area contributed by atoms with E-state index in [2.05, 4.69) is 10.2 Å². The second kappa shape index (κ2) is 6.13. The molecule has 0 spiro atoms. The molecule has 2 aliphatic rings. The number of rotatable bonds is 4. The molecule has 1 saturated carbocycles. The Morgan fingerprint density at radius 2 is 2.08 bits per heavy atom. The molecular formula is C19H25N3O2. The highest BCUT2D eigenvalue weighted by atomic mass is 16.5. The van der Waals surface area contributed by atoms with E-state index in [1.807, 2.05) is 35.9 Å². The maximum absolute atomic E-state index is 13.3. The molecule has 4 rings (SSSR count). The molecule has 1 atom stereocenters. The maximum Gasteiger partial charge on any atom is 0.271 e. The highest BCUT2D eigenvalue weighted by molar-refractivity contribution is 5.99. The smallest absolute Gasteiger partial charge is 0.271 e. The quantitative estimate of drug-likeness (QED) is 0.939. The van der Waals surface area contributed by atoms with Gasteiger partial charge in [0.25, 0.3) is 5.91 Å². The van der Waals surface area contributed by atoms with Crippen molar-refractivity contribution in [3.8, 4) is 5.75 Å². The summed E-state index contributed by atoms with van der Waals surface area (Å²) in [7, 11) is 3.64. The van der Waals surface area contributed by atoms with Crippen LogP contribution in [-0.2, 0) is 7.05 Å². The normalized spacial score (nSPS) is 21.0. The maximum atomic E-state index is 13.3. The topological polar surface area (TPSA) is 46.5 Å². The first-order valence-electron chi connectivity index (χ1n) is 8.86. The van der Waals surface area contributed by atoms with Gasteiger partial charge in [-0.25, -0.2) is 0 Å². The molecule has 1 N–H and O–H groups in total. The first-order chi connectivity index (χ1) is 11.7. The van der Waals surface area contributed by atoms with Gasteiger partial charge >= 0.3 is 0 Å². The lowest BCUT2D eigenvalue weighted by Crippen LogP contribution is -2.50. The van der Waals surface area contributed by atoms with Crippen LogP contribution in [0.3, 0.4) is 0 Å². The van der Waals surface area contributed by atoms with Crippen LogP contribution in [0.15, 0.2) is 24.3 Å². The third-order valence-electron chi connectivity index (χ3n) is 5.31. The average molecular weight is 327 g/mol. The van der Waals surface area contributed by atoms with Crippen molar-refractivity contribution in [2.45, 2.75) is 37.8 Å². The highest BCUT2D eigenvalue weighted by Crippen LogP contribution is 2.33. The summed E-state index contributed by atoms with van der Waals surface area (Å²) in [6.45, 7) is 1.98. The Balaban J connectivity index is 1.69. The molecule has 1 aromatic heterocycles. The molecule has 2 fully saturated rings. The van der Waals surface area contributed by atoms with Crippen molar-refractivity contribution in [1.82, 2.24) is 14.8 Å². The summed E-state index contributed by atoms with van der Waals surface area (Å²) >= 11 is 0. The van der Waals surface area contributed by atoms with Gasteiger partial charge in [0, 0.05) is 37.1 Å². The van der Waals surface area contributed by atoms with Crippen molar-refractivity contribution >= 4 is 16.8 Å². The molecule has 5 nitrogen and oxygen atoms in total. The number of aryl methyl sites for hydroxylation is 1. The lowest BCUT2D eigenvalue weighted by atomic mass is 10.0. The Morgan fingerprint density at radius 3 is 2.75 bits per heavy atom. The predicted molar refractivity (Wildman–Crippen MR) is 94.6 cm³/mol. The van der Waals surface area contributed by atoms with Crippen LogP contribution in [0.2, 0.25) is 0 Å². The first-order valence-corrected chi connectivity index (χ1v) is 8.86. The molecule has 0 bridgehead atoms. The van der Waals surface area contributed by atoms with Crippen molar-refractivity contribution < 1.29 is 9.53 Å². The van der Waals surface area contributed by atoms with Gasteiger partial charge in [-0.05, 0) is 50.4 Å². The molecule has 1 aliphatic carbocycles. The van der Waals surface area contributed by atoms with Crippen molar-refractivity contribution in [1.29, 1.82) is 0 Å². The number of piperidine rings is 1. The number of ether oxygens (including phenoxy) is 1. The van der Waals surface area contributed by atoms with Crippen LogP contribution in [0.1, 0.15) is 36.2 Å². The third-order valence-corrected chi connectivity index (χ3v) is 5.31. The molecule has 1 aliphatic heterocycles. The van der Waals surface area contributed by atoms with Gasteiger partial charge in [-0.2, -0.15) is 0 Å². The van der Waals surface area contributed by atoms with E-state index in [0.29, 0.717) is 12.1 Å². The zero-order chi connectivity index (χ0) is 16.7. The lowest BCUT2D eigenvalue weighted by molar-refractivity contribution is 0.0620. The fraction of sp³-hybridized carbons (Fsp3) is 0.526. The molecule has 2 heterocycles. The Kier molecular flexibility index (Phi) is 3.96. The number of benzene rings is 1. The monoisotopic (exact) mass is 327 g/mol. The van der Waals surface area contributed by atoms with Gasteiger partial charge in [-0.15, -0.1) is 0 Å². The van der Waals surface area contributed by atoms with Gasteiger partial charge in [-0.1, -0.05) is 0 Å². The predicted octanol–water partition coefficient (Wildman–Crippen LogP) is 2.54. The number of aromatic nitrogens is 1. The van der Waals surface area contributed by atoms with Crippen molar-refractivity contribution in [2.75, 3.05) is 20.2 Å². The summed E-state index contributed by atoms with van der Waals surface area (Å²) in [5.41, 5.74) is 1.81. The summed E-state index contributed by atoms with van der Waals surface area (Å²) < 4.78 is 7.33. The molecule has 0 radical (unpaired) electrons. The second-order valence-corrected chi connectivity index (χ2v) is 6.96. The van der Waals surface area contributed by atoms with Crippen molar-refractivity contribution in [3.63, 3.8) is 0 Å². The van der Waals surface area contributed by atoms with E-state index >= 15 is 0 Å². The molecule has 5 heteroatoms. The van der Waals surface area contributed by atoms with Crippen LogP contribution in [-0.4, -0.2) is 47.7 Å². The second-order valence-electron chi connectivity index (χ2n) is 6.96. The highest BCUT2D eigenvalue weighted by Gasteiger charge is 2.39. The number of hydrogen-bond acceptors (Lipinski definition) is 3. The van der Waals surface area contributed by atoms with E-state index in [4.69, 9.17) is 4.74 Å². The zero-order valence-electron chi connectivity index (χ0n) is 14.4. The molecule has 2 aromatic rings. The van der Waals surface area contributed by atoms with Crippen LogP contribution >= 0.6 is 0 Å². The number of amides is 1. The molecule has 24 heavy (non-hydrogen) atoms. The minimum Gasteiger partial charge on any atom is -0.497 e. The number of hydrogen-bond donors (Lipinski definition) is 1. The van der Waals surface area contributed by atoms with Gasteiger partial charge in [0.2, 0.25) is 0 Å². The van der Waals surface area contributed by atoms with Crippen LogP contribution in [0.5, 0.6) is 5.75 Å². The van der Waals surface area contributed by atoms with Gasteiger partial charge in [0.1, 0.15) is 11.4 Å². The molecule has 1 aromatic carbocycles. The number of nitrogens with one attached hydrogen (secondary N) is 1. The van der Waals surface area contributed by atoms with E-state index in [9.17, 15) is 4.79 Å². The van der Waals surface area contributed by atoms with E-state index in [0.717, 1.165) is 61.1 Å². The minimum atomic E-state index is 0.170. The Bertz CT molecular complexity index is 757. The first kappa shape index (κ1) is 15.5. The molecule has 128 valence electrons. The van der Waals surface area contributed by atoms with Crippen molar-refractivity contribution in [2.24, 2.45) is 7.05 Å². The number of carbonyl (C=O) groups excluding carboxylic acids is 1. The fourth-order valence-corrected chi connectivity index (χ4v) is 3.83. The Hall–Kier alpha value is -2.01. The van der Waals surface area contributed by atoms with Crippen LogP contribution in [0, 0.1) is 0 Å². The lowest BCUT2D eigenvalue weighted by Gasteiger charge is -2.35. The van der Waals surface area contributed by atoms with Crippen LogP contribution in [0.25, 0.3) is 10.9 Å². The number of carbonyl (C=O) groups is 1. The van der Waals surface area contributed by atoms with E-state index in [-0.39, 0.29) is 5.91 Å². The van der Waals surface area contributed by atoms with Gasteiger partial charge < -0.3 is 19.5 Å². The Morgan fingerprint density at radius 1 is 1.25 bits per heavy atom. The SMILES string of the molecule is COc1ccc2cc(C(=O)N(C3CC3)C3CCCNC3)n(C)c2c1. The minimum absolute atomic E-state index is 0.170. The van der Waals surface area contributed by atoms with E-state index in [1.165, 1.54) is 0 Å². The van der Waals surface area contributed by atoms with Gasteiger partial charge in [-0.3, -0.25) is 4.79 Å². The van der Waals surface area contributed by atoms with Crippen LogP contribution < -0.4 is 10.1 Å². The van der Waals surface area contributed by atoms with Gasteiger partial charge in [0.15, 0.2) is 0 Å². The average Bonchev–Trinajstić information content (AvgIpc) is 3.39. The summed E-state index contributed by atoms with van der Waals surface area (Å²) in [6.07, 6.45) is 4.53.